The average molecular weight is 454 g/mol. The monoisotopic (exact) mass is 454 g/mol. The fourth-order valence-corrected chi connectivity index (χ4v) is 3.79. The maximum absolute atomic E-state index is 14.5. The van der Waals surface area contributed by atoms with E-state index < -0.39 is 47.9 Å². The van der Waals surface area contributed by atoms with Gasteiger partial charge in [0, 0.05) is 36.4 Å². The minimum absolute atomic E-state index is 0.127. The molecule has 0 bridgehead atoms. The van der Waals surface area contributed by atoms with Crippen molar-refractivity contribution in [1.82, 2.24) is 15.3 Å². The van der Waals surface area contributed by atoms with Crippen molar-refractivity contribution < 1.29 is 26.7 Å². The number of nitrogens with one attached hydrogen (secondary N) is 3. The molecule has 6 nitrogen and oxygen atoms in total. The Morgan fingerprint density at radius 3 is 2.34 bits per heavy atom. The largest absolute Gasteiger partial charge is 0.391 e. The van der Waals surface area contributed by atoms with Crippen LogP contribution in [0.15, 0.2) is 35.1 Å². The highest BCUT2D eigenvalue weighted by molar-refractivity contribution is 5.97. The number of anilines is 1. The lowest BCUT2D eigenvalue weighted by atomic mass is 9.79. The van der Waals surface area contributed by atoms with E-state index in [0.717, 1.165) is 12.1 Å². The fraction of sp³-hybridized carbons (Fsp3) is 0.333. The third kappa shape index (κ3) is 4.19. The number of nitrogens with zero attached hydrogens (tertiary/aromatic N) is 1. The number of imidazole rings is 1. The van der Waals surface area contributed by atoms with Gasteiger partial charge < -0.3 is 20.2 Å². The highest BCUT2D eigenvalue weighted by Gasteiger charge is 2.49. The standard InChI is InChI=1S/C21H19F5N4O2/c1-30(12-5-11(6-12)21(24,25)26)13-7-15(22)14(16(23)8-13)9-27-19(31)10-2-3-17-18(4-10)29-20(32)28-17/h2-4,7-8,11-12H,5-6,9H2,1H3,(H,27,31)(H2,28,29,32). The lowest BCUT2D eigenvalue weighted by Gasteiger charge is -2.43. The van der Waals surface area contributed by atoms with Gasteiger partial charge in [-0.3, -0.25) is 4.79 Å². The third-order valence-corrected chi connectivity index (χ3v) is 5.86. The zero-order valence-electron chi connectivity index (χ0n) is 16.8. The number of aromatic nitrogens is 2. The van der Waals surface area contributed by atoms with Crippen molar-refractivity contribution >= 4 is 22.6 Å². The van der Waals surface area contributed by atoms with E-state index in [1.165, 1.54) is 30.1 Å². The molecular formula is C21H19F5N4O2. The fourth-order valence-electron chi connectivity index (χ4n) is 3.79. The Bertz CT molecular complexity index is 1200. The SMILES string of the molecule is CN(c1cc(F)c(CNC(=O)c2ccc3[nH]c(=O)[nH]c3c2)c(F)c1)C1CC(C(F)(F)F)C1. The predicted octanol–water partition coefficient (Wildman–Crippen LogP) is 3.84. The van der Waals surface area contributed by atoms with Crippen molar-refractivity contribution in [2.24, 2.45) is 5.92 Å². The molecule has 1 amide bonds. The molecule has 0 radical (unpaired) electrons. The Labute approximate surface area is 178 Å². The molecule has 4 rings (SSSR count). The third-order valence-electron chi connectivity index (χ3n) is 5.86. The Morgan fingerprint density at radius 1 is 1.09 bits per heavy atom. The molecule has 1 saturated carbocycles. The number of carbonyl (C=O) groups excluding carboxylic acids is 1. The van der Waals surface area contributed by atoms with Crippen LogP contribution in [0.1, 0.15) is 28.8 Å². The number of fused-ring (bicyclic) bond motifs is 1. The molecule has 1 fully saturated rings. The van der Waals surface area contributed by atoms with Crippen LogP contribution < -0.4 is 15.9 Å². The van der Waals surface area contributed by atoms with Crippen LogP contribution in [-0.4, -0.2) is 35.1 Å². The maximum atomic E-state index is 14.5. The van der Waals surface area contributed by atoms with Crippen LogP contribution in [0.3, 0.4) is 0 Å². The van der Waals surface area contributed by atoms with E-state index in [2.05, 4.69) is 15.3 Å². The number of alkyl halides is 3. The van der Waals surface area contributed by atoms with Gasteiger partial charge in [-0.25, -0.2) is 13.6 Å². The van der Waals surface area contributed by atoms with Crippen molar-refractivity contribution in [2.45, 2.75) is 31.6 Å². The van der Waals surface area contributed by atoms with Crippen LogP contribution >= 0.6 is 0 Å². The van der Waals surface area contributed by atoms with Crippen molar-refractivity contribution in [3.8, 4) is 0 Å². The molecule has 1 aromatic heterocycles. The van der Waals surface area contributed by atoms with Gasteiger partial charge in [0.15, 0.2) is 0 Å². The Hall–Kier alpha value is -3.37. The van der Waals surface area contributed by atoms with Crippen molar-refractivity contribution in [3.63, 3.8) is 0 Å². The molecule has 1 aliphatic rings. The topological polar surface area (TPSA) is 81.0 Å². The number of aromatic amines is 2. The highest BCUT2D eigenvalue weighted by Crippen LogP contribution is 2.44. The van der Waals surface area contributed by atoms with Gasteiger partial charge in [0.25, 0.3) is 5.91 Å². The molecule has 2 aromatic carbocycles. The van der Waals surface area contributed by atoms with E-state index in [1.807, 2.05) is 0 Å². The van der Waals surface area contributed by atoms with Crippen LogP contribution in [0.4, 0.5) is 27.6 Å². The van der Waals surface area contributed by atoms with E-state index in [-0.39, 0.29) is 29.7 Å². The van der Waals surface area contributed by atoms with E-state index in [1.54, 1.807) is 0 Å². The van der Waals surface area contributed by atoms with Gasteiger partial charge >= 0.3 is 11.9 Å². The van der Waals surface area contributed by atoms with Gasteiger partial charge in [-0.05, 0) is 43.2 Å². The lowest BCUT2D eigenvalue weighted by Crippen LogP contribution is -2.47. The minimum Gasteiger partial charge on any atom is -0.371 e. The van der Waals surface area contributed by atoms with Crippen molar-refractivity contribution in [1.29, 1.82) is 0 Å². The summed E-state index contributed by atoms with van der Waals surface area (Å²) in [5, 5.41) is 2.42. The first kappa shape index (κ1) is 21.8. The Kier molecular flexibility index (Phi) is 5.43. The summed E-state index contributed by atoms with van der Waals surface area (Å²) in [6, 6.07) is 6.04. The first-order valence-corrected chi connectivity index (χ1v) is 9.80. The molecule has 0 spiro atoms. The second-order valence-corrected chi connectivity index (χ2v) is 7.88. The van der Waals surface area contributed by atoms with Gasteiger partial charge in [-0.1, -0.05) is 0 Å². The highest BCUT2D eigenvalue weighted by atomic mass is 19.4. The van der Waals surface area contributed by atoms with Crippen LogP contribution in [0, 0.1) is 17.6 Å². The van der Waals surface area contributed by atoms with Crippen molar-refractivity contribution in [2.75, 3.05) is 11.9 Å². The summed E-state index contributed by atoms with van der Waals surface area (Å²) in [6.45, 7) is -0.429. The molecule has 1 aliphatic carbocycles. The van der Waals surface area contributed by atoms with Gasteiger partial charge in [0.2, 0.25) is 0 Å². The number of benzene rings is 2. The number of hydrogen-bond donors (Lipinski definition) is 3. The molecular weight excluding hydrogens is 435 g/mol. The van der Waals surface area contributed by atoms with Gasteiger partial charge in [-0.2, -0.15) is 13.2 Å². The van der Waals surface area contributed by atoms with Crippen LogP contribution in [0.5, 0.6) is 0 Å². The number of halogens is 5. The maximum Gasteiger partial charge on any atom is 0.391 e. The second-order valence-electron chi connectivity index (χ2n) is 7.88. The summed E-state index contributed by atoms with van der Waals surface area (Å²) in [6.07, 6.45) is -4.52. The molecule has 0 unspecified atom stereocenters. The number of hydrogen-bond acceptors (Lipinski definition) is 3. The van der Waals surface area contributed by atoms with Crippen molar-refractivity contribution in [3.05, 3.63) is 63.6 Å². The summed E-state index contributed by atoms with van der Waals surface area (Å²) in [5.41, 5.74) is 0.445. The molecule has 170 valence electrons. The molecule has 3 aromatic rings. The molecule has 11 heteroatoms. The zero-order chi connectivity index (χ0) is 23.2. The molecule has 0 atom stereocenters. The number of rotatable bonds is 5. The molecule has 0 saturated heterocycles. The average Bonchev–Trinajstić information content (AvgIpc) is 3.03. The Morgan fingerprint density at radius 2 is 1.72 bits per heavy atom. The van der Waals surface area contributed by atoms with Crippen LogP contribution in [0.2, 0.25) is 0 Å². The minimum atomic E-state index is -4.27. The molecule has 32 heavy (non-hydrogen) atoms. The van der Waals surface area contributed by atoms with E-state index in [0.29, 0.717) is 11.0 Å². The van der Waals surface area contributed by atoms with Crippen LogP contribution in [0.25, 0.3) is 11.0 Å². The second kappa shape index (κ2) is 7.95. The van der Waals surface area contributed by atoms with E-state index in [9.17, 15) is 31.5 Å². The quantitative estimate of drug-likeness (QED) is 0.513. The molecule has 3 N–H and O–H groups in total. The number of amides is 1. The summed E-state index contributed by atoms with van der Waals surface area (Å²) >= 11 is 0. The van der Waals surface area contributed by atoms with E-state index in [4.69, 9.17) is 0 Å². The molecule has 1 heterocycles. The van der Waals surface area contributed by atoms with Gasteiger partial charge in [0.1, 0.15) is 11.6 Å². The first-order chi connectivity index (χ1) is 15.0. The summed E-state index contributed by atoms with van der Waals surface area (Å²) in [7, 11) is 1.49. The first-order valence-electron chi connectivity index (χ1n) is 9.80. The lowest BCUT2D eigenvalue weighted by molar-refractivity contribution is -0.196. The summed E-state index contributed by atoms with van der Waals surface area (Å²) in [5.74, 6) is -3.82. The summed E-state index contributed by atoms with van der Waals surface area (Å²) in [4.78, 5) is 30.1. The van der Waals surface area contributed by atoms with Gasteiger partial charge in [-0.15, -0.1) is 0 Å². The predicted molar refractivity (Wildman–Crippen MR) is 107 cm³/mol. The van der Waals surface area contributed by atoms with E-state index >= 15 is 0 Å². The number of carbonyl (C=O) groups is 1. The zero-order valence-corrected chi connectivity index (χ0v) is 16.8. The normalized spacial score (nSPS) is 18.4. The van der Waals surface area contributed by atoms with Gasteiger partial charge in [0.05, 0.1) is 17.0 Å². The molecule has 0 aliphatic heterocycles. The smallest absolute Gasteiger partial charge is 0.371 e. The Balaban J connectivity index is 1.43. The number of H-pyrrole nitrogens is 2. The van der Waals surface area contributed by atoms with Crippen LogP contribution in [-0.2, 0) is 6.54 Å². The summed E-state index contributed by atoms with van der Waals surface area (Å²) < 4.78 is 67.1.